The van der Waals surface area contributed by atoms with Gasteiger partial charge in [-0.25, -0.2) is 14.8 Å². The number of rotatable bonds is 5. The average molecular weight is 352 g/mol. The number of hydrogen-bond acceptors (Lipinski definition) is 4. The van der Waals surface area contributed by atoms with Gasteiger partial charge in [-0.3, -0.25) is 0 Å². The number of hydrogen-bond donors (Lipinski definition) is 2. The van der Waals surface area contributed by atoms with Gasteiger partial charge in [0, 0.05) is 39.4 Å². The zero-order valence-corrected chi connectivity index (χ0v) is 15.6. The molecule has 2 N–H and O–H groups in total. The standard InChI is InChI=1S/C19H24N6O/c1-5-14-8-13(10-22-19(26)20-2)6-7-16(14)25(4)18-9-17-15(11-21-18)23-12-24(17)3/h6-9,11-12H,5,10H2,1-4H3,(H2,20,22,26). The highest BCUT2D eigenvalue weighted by Gasteiger charge is 2.12. The van der Waals surface area contributed by atoms with Crippen molar-refractivity contribution in [2.45, 2.75) is 19.9 Å². The quantitative estimate of drug-likeness (QED) is 0.740. The van der Waals surface area contributed by atoms with Crippen LogP contribution in [-0.2, 0) is 20.0 Å². The first-order valence-electron chi connectivity index (χ1n) is 8.61. The van der Waals surface area contributed by atoms with E-state index >= 15 is 0 Å². The number of pyridine rings is 1. The van der Waals surface area contributed by atoms with Crippen LogP contribution in [0.3, 0.4) is 0 Å². The van der Waals surface area contributed by atoms with Crippen LogP contribution in [0.15, 0.2) is 36.8 Å². The lowest BCUT2D eigenvalue weighted by atomic mass is 10.1. The van der Waals surface area contributed by atoms with Crippen molar-refractivity contribution in [2.75, 3.05) is 19.0 Å². The number of aryl methyl sites for hydroxylation is 2. The second-order valence-electron chi connectivity index (χ2n) is 6.20. The van der Waals surface area contributed by atoms with Crippen molar-refractivity contribution in [3.8, 4) is 0 Å². The topological polar surface area (TPSA) is 75.1 Å². The highest BCUT2D eigenvalue weighted by atomic mass is 16.2. The fourth-order valence-corrected chi connectivity index (χ4v) is 2.96. The minimum atomic E-state index is -0.182. The van der Waals surface area contributed by atoms with Crippen LogP contribution in [-0.4, -0.2) is 34.7 Å². The van der Waals surface area contributed by atoms with Crippen molar-refractivity contribution in [2.24, 2.45) is 7.05 Å². The van der Waals surface area contributed by atoms with Crippen LogP contribution in [0, 0.1) is 0 Å². The van der Waals surface area contributed by atoms with E-state index in [1.165, 1.54) is 5.56 Å². The molecule has 0 aliphatic rings. The Balaban J connectivity index is 1.88. The minimum Gasteiger partial charge on any atom is -0.341 e. The summed E-state index contributed by atoms with van der Waals surface area (Å²) in [6.45, 7) is 2.62. The van der Waals surface area contributed by atoms with Gasteiger partial charge in [-0.1, -0.05) is 19.1 Å². The third kappa shape index (κ3) is 3.46. The second kappa shape index (κ2) is 7.43. The number of amides is 2. The maximum Gasteiger partial charge on any atom is 0.314 e. The molecule has 26 heavy (non-hydrogen) atoms. The third-order valence-electron chi connectivity index (χ3n) is 4.51. The van der Waals surface area contributed by atoms with Gasteiger partial charge in [-0.15, -0.1) is 0 Å². The second-order valence-corrected chi connectivity index (χ2v) is 6.20. The SMILES string of the molecule is CCc1cc(CNC(=O)NC)ccc1N(C)c1cc2c(cn1)ncn2C. The van der Waals surface area contributed by atoms with Crippen LogP contribution < -0.4 is 15.5 Å². The Hall–Kier alpha value is -3.09. The summed E-state index contributed by atoms with van der Waals surface area (Å²) in [5.41, 5.74) is 5.31. The summed E-state index contributed by atoms with van der Waals surface area (Å²) in [7, 11) is 5.60. The Bertz CT molecular complexity index is 933. The maximum atomic E-state index is 11.4. The van der Waals surface area contributed by atoms with Gasteiger partial charge in [0.15, 0.2) is 0 Å². The number of nitrogens with zero attached hydrogens (tertiary/aromatic N) is 4. The van der Waals surface area contributed by atoms with Gasteiger partial charge in [0.1, 0.15) is 11.3 Å². The van der Waals surface area contributed by atoms with Crippen molar-refractivity contribution >= 4 is 28.6 Å². The molecule has 0 fully saturated rings. The molecule has 0 spiro atoms. The van der Waals surface area contributed by atoms with Gasteiger partial charge in [0.05, 0.1) is 18.0 Å². The Morgan fingerprint density at radius 2 is 2.08 bits per heavy atom. The summed E-state index contributed by atoms with van der Waals surface area (Å²) in [4.78, 5) is 22.3. The van der Waals surface area contributed by atoms with Crippen LogP contribution in [0.4, 0.5) is 16.3 Å². The molecule has 7 nitrogen and oxygen atoms in total. The molecule has 0 atom stereocenters. The summed E-state index contributed by atoms with van der Waals surface area (Å²) in [6, 6.07) is 8.10. The van der Waals surface area contributed by atoms with E-state index < -0.39 is 0 Å². The van der Waals surface area contributed by atoms with E-state index in [2.05, 4.69) is 44.6 Å². The number of nitrogens with one attached hydrogen (secondary N) is 2. The van der Waals surface area contributed by atoms with Crippen LogP contribution in [0.2, 0.25) is 0 Å². The summed E-state index contributed by atoms with van der Waals surface area (Å²) >= 11 is 0. The molecule has 0 aliphatic carbocycles. The largest absolute Gasteiger partial charge is 0.341 e. The average Bonchev–Trinajstić information content (AvgIpc) is 3.05. The zero-order chi connectivity index (χ0) is 18.7. The van der Waals surface area contributed by atoms with Gasteiger partial charge >= 0.3 is 6.03 Å². The number of benzene rings is 1. The number of imidazole rings is 1. The number of carbonyl (C=O) groups is 1. The van der Waals surface area contributed by atoms with Crippen LogP contribution in [0.1, 0.15) is 18.1 Å². The molecule has 2 amide bonds. The van der Waals surface area contributed by atoms with Gasteiger partial charge in [-0.2, -0.15) is 0 Å². The molecule has 7 heteroatoms. The highest BCUT2D eigenvalue weighted by molar-refractivity contribution is 5.79. The minimum absolute atomic E-state index is 0.182. The Morgan fingerprint density at radius 3 is 2.81 bits per heavy atom. The predicted molar refractivity (Wildman–Crippen MR) is 104 cm³/mol. The molecular formula is C19H24N6O. The molecule has 0 saturated carbocycles. The molecule has 0 unspecified atom stereocenters. The Kier molecular flexibility index (Phi) is 5.06. The summed E-state index contributed by atoms with van der Waals surface area (Å²) in [5.74, 6) is 0.868. The van der Waals surface area contributed by atoms with E-state index in [4.69, 9.17) is 0 Å². The number of fused-ring (bicyclic) bond motifs is 1. The van der Waals surface area contributed by atoms with Gasteiger partial charge in [0.25, 0.3) is 0 Å². The molecule has 3 aromatic rings. The van der Waals surface area contributed by atoms with E-state index in [9.17, 15) is 4.79 Å². The summed E-state index contributed by atoms with van der Waals surface area (Å²) in [6.07, 6.45) is 4.48. The van der Waals surface area contributed by atoms with Crippen molar-refractivity contribution in [3.63, 3.8) is 0 Å². The molecule has 0 aliphatic heterocycles. The monoisotopic (exact) mass is 352 g/mol. The molecule has 0 saturated heterocycles. The van der Waals surface area contributed by atoms with Crippen LogP contribution >= 0.6 is 0 Å². The number of carbonyl (C=O) groups excluding carboxylic acids is 1. The van der Waals surface area contributed by atoms with E-state index in [0.717, 1.165) is 34.5 Å². The molecule has 0 radical (unpaired) electrons. The first kappa shape index (κ1) is 17.7. The lowest BCUT2D eigenvalue weighted by Gasteiger charge is -2.22. The Morgan fingerprint density at radius 1 is 1.27 bits per heavy atom. The third-order valence-corrected chi connectivity index (χ3v) is 4.51. The van der Waals surface area contributed by atoms with E-state index in [-0.39, 0.29) is 6.03 Å². The molecule has 0 bridgehead atoms. The van der Waals surface area contributed by atoms with Gasteiger partial charge in [-0.05, 0) is 23.6 Å². The lowest BCUT2D eigenvalue weighted by Crippen LogP contribution is -2.32. The first-order valence-corrected chi connectivity index (χ1v) is 8.61. The van der Waals surface area contributed by atoms with Crippen molar-refractivity contribution < 1.29 is 4.79 Å². The van der Waals surface area contributed by atoms with Crippen molar-refractivity contribution in [1.29, 1.82) is 0 Å². The van der Waals surface area contributed by atoms with Gasteiger partial charge < -0.3 is 20.1 Å². The van der Waals surface area contributed by atoms with E-state index in [1.807, 2.05) is 30.8 Å². The molecule has 3 rings (SSSR count). The fourth-order valence-electron chi connectivity index (χ4n) is 2.96. The molecule has 2 aromatic heterocycles. The fraction of sp³-hybridized carbons (Fsp3) is 0.316. The van der Waals surface area contributed by atoms with Crippen molar-refractivity contribution in [3.05, 3.63) is 47.9 Å². The smallest absolute Gasteiger partial charge is 0.314 e. The first-order chi connectivity index (χ1) is 12.5. The number of anilines is 2. The lowest BCUT2D eigenvalue weighted by molar-refractivity contribution is 0.242. The highest BCUT2D eigenvalue weighted by Crippen LogP contribution is 2.28. The summed E-state index contributed by atoms with van der Waals surface area (Å²) in [5, 5.41) is 5.38. The summed E-state index contributed by atoms with van der Waals surface area (Å²) < 4.78 is 1.99. The molecule has 1 aromatic carbocycles. The molecule has 136 valence electrons. The van der Waals surface area contributed by atoms with Crippen LogP contribution in [0.25, 0.3) is 11.0 Å². The molecule has 2 heterocycles. The van der Waals surface area contributed by atoms with Gasteiger partial charge in [0.2, 0.25) is 0 Å². The van der Waals surface area contributed by atoms with E-state index in [0.29, 0.717) is 6.54 Å². The zero-order valence-electron chi connectivity index (χ0n) is 15.6. The molecular weight excluding hydrogens is 328 g/mol. The Labute approximate surface area is 153 Å². The van der Waals surface area contributed by atoms with Crippen molar-refractivity contribution in [1.82, 2.24) is 25.2 Å². The number of urea groups is 1. The van der Waals surface area contributed by atoms with E-state index in [1.54, 1.807) is 19.6 Å². The predicted octanol–water partition coefficient (Wildman–Crippen LogP) is 2.73. The normalized spacial score (nSPS) is 10.8. The number of aromatic nitrogens is 3. The van der Waals surface area contributed by atoms with Crippen LogP contribution in [0.5, 0.6) is 0 Å². The maximum absolute atomic E-state index is 11.4.